The zero-order valence-electron chi connectivity index (χ0n) is 16.0. The summed E-state index contributed by atoms with van der Waals surface area (Å²) in [6.45, 7) is 6.68. The lowest BCUT2D eigenvalue weighted by Gasteiger charge is -2.08. The first-order chi connectivity index (χ1) is 12.9. The molecule has 142 valence electrons. The first kappa shape index (κ1) is 19.5. The minimum atomic E-state index is -0.0892. The number of amides is 2. The molecule has 0 radical (unpaired) electrons. The van der Waals surface area contributed by atoms with E-state index in [9.17, 15) is 9.59 Å². The van der Waals surface area contributed by atoms with E-state index in [2.05, 4.69) is 49.6 Å². The van der Waals surface area contributed by atoms with Crippen LogP contribution in [0.4, 0.5) is 5.69 Å². The fourth-order valence-corrected chi connectivity index (χ4v) is 3.78. The van der Waals surface area contributed by atoms with Gasteiger partial charge in [0.15, 0.2) is 0 Å². The normalized spacial score (nSPS) is 18.0. The molecule has 0 heterocycles. The van der Waals surface area contributed by atoms with Crippen molar-refractivity contribution < 1.29 is 9.59 Å². The molecule has 0 bridgehead atoms. The Bertz CT molecular complexity index is 833. The van der Waals surface area contributed by atoms with Crippen molar-refractivity contribution in [2.24, 2.45) is 11.8 Å². The van der Waals surface area contributed by atoms with Crippen molar-refractivity contribution in [1.82, 2.24) is 5.32 Å². The summed E-state index contributed by atoms with van der Waals surface area (Å²) in [5.74, 6) is 0.617. The maximum atomic E-state index is 12.0. The molecule has 0 saturated heterocycles. The molecular formula is C22H26N2O2S. The smallest absolute Gasteiger partial charge is 0.226 e. The van der Waals surface area contributed by atoms with Gasteiger partial charge in [-0.05, 0) is 73.7 Å². The van der Waals surface area contributed by atoms with Crippen LogP contribution < -0.4 is 10.6 Å². The average molecular weight is 383 g/mol. The molecule has 1 aliphatic carbocycles. The quantitative estimate of drug-likeness (QED) is 0.738. The fourth-order valence-electron chi connectivity index (χ4n) is 2.86. The topological polar surface area (TPSA) is 58.2 Å². The molecule has 2 N–H and O–H groups in total. The van der Waals surface area contributed by atoms with E-state index in [1.54, 1.807) is 11.8 Å². The molecule has 0 aliphatic heterocycles. The van der Waals surface area contributed by atoms with Crippen molar-refractivity contribution in [3.8, 4) is 0 Å². The van der Waals surface area contributed by atoms with E-state index in [4.69, 9.17) is 0 Å². The molecule has 5 heteroatoms. The van der Waals surface area contributed by atoms with E-state index in [-0.39, 0.29) is 24.2 Å². The van der Waals surface area contributed by atoms with E-state index in [0.717, 1.165) is 17.0 Å². The van der Waals surface area contributed by atoms with Gasteiger partial charge in [-0.1, -0.05) is 24.8 Å². The number of aryl methyl sites for hydroxylation is 2. The Kier molecular flexibility index (Phi) is 6.22. The zero-order chi connectivity index (χ0) is 19.4. The lowest BCUT2D eigenvalue weighted by molar-refractivity contribution is -0.122. The average Bonchev–Trinajstić information content (AvgIpc) is 3.37. The highest BCUT2D eigenvalue weighted by Gasteiger charge is 2.38. The summed E-state index contributed by atoms with van der Waals surface area (Å²) in [5, 5.41) is 5.71. The Hall–Kier alpha value is -2.27. The van der Waals surface area contributed by atoms with Gasteiger partial charge in [0.05, 0.1) is 0 Å². The van der Waals surface area contributed by atoms with Gasteiger partial charge in [-0.15, -0.1) is 0 Å². The number of nitrogens with one attached hydrogen (secondary N) is 2. The maximum absolute atomic E-state index is 12.0. The second-order valence-electron chi connectivity index (χ2n) is 7.28. The van der Waals surface area contributed by atoms with Gasteiger partial charge >= 0.3 is 0 Å². The third kappa shape index (κ3) is 5.60. The number of benzene rings is 2. The number of anilines is 1. The molecule has 2 unspecified atom stereocenters. The Morgan fingerprint density at radius 3 is 2.33 bits per heavy atom. The summed E-state index contributed by atoms with van der Waals surface area (Å²) in [6, 6.07) is 14.3. The zero-order valence-corrected chi connectivity index (χ0v) is 16.9. The predicted octanol–water partition coefficient (Wildman–Crippen LogP) is 4.56. The summed E-state index contributed by atoms with van der Waals surface area (Å²) < 4.78 is 0. The summed E-state index contributed by atoms with van der Waals surface area (Å²) >= 11 is 1.70. The Morgan fingerprint density at radius 1 is 1.04 bits per heavy atom. The molecule has 3 rings (SSSR count). The molecular weight excluding hydrogens is 356 g/mol. The first-order valence-corrected chi connectivity index (χ1v) is 10.2. The second-order valence-corrected chi connectivity index (χ2v) is 8.43. The van der Waals surface area contributed by atoms with Crippen LogP contribution in [0.25, 0.3) is 0 Å². The molecule has 4 nitrogen and oxygen atoms in total. The Morgan fingerprint density at radius 2 is 1.70 bits per heavy atom. The SMILES string of the molecule is Cc1ccc(Sc2ccc(NC(=O)CCNC(=O)C3CC3C)cc2)cc1C. The molecule has 0 aromatic heterocycles. The van der Waals surface area contributed by atoms with E-state index in [1.807, 2.05) is 24.3 Å². The summed E-state index contributed by atoms with van der Waals surface area (Å²) in [6.07, 6.45) is 1.25. The summed E-state index contributed by atoms with van der Waals surface area (Å²) in [5.41, 5.74) is 3.35. The number of hydrogen-bond donors (Lipinski definition) is 2. The van der Waals surface area contributed by atoms with E-state index >= 15 is 0 Å². The largest absolute Gasteiger partial charge is 0.355 e. The van der Waals surface area contributed by atoms with Gasteiger partial charge in [-0.25, -0.2) is 0 Å². The number of carbonyl (C=O) groups excluding carboxylic acids is 2. The maximum Gasteiger partial charge on any atom is 0.226 e. The molecule has 2 atom stereocenters. The molecule has 1 fully saturated rings. The van der Waals surface area contributed by atoms with Crippen LogP contribution in [-0.4, -0.2) is 18.4 Å². The Balaban J connectivity index is 1.44. The predicted molar refractivity (Wildman–Crippen MR) is 110 cm³/mol. The van der Waals surface area contributed by atoms with Gasteiger partial charge in [0, 0.05) is 34.4 Å². The minimum absolute atomic E-state index is 0.0722. The molecule has 0 spiro atoms. The van der Waals surface area contributed by atoms with E-state index in [1.165, 1.54) is 16.0 Å². The highest BCUT2D eigenvalue weighted by molar-refractivity contribution is 7.99. The number of carbonyl (C=O) groups is 2. The van der Waals surface area contributed by atoms with Crippen LogP contribution in [0.1, 0.15) is 30.9 Å². The van der Waals surface area contributed by atoms with E-state index in [0.29, 0.717) is 12.5 Å². The lowest BCUT2D eigenvalue weighted by atomic mass is 10.1. The molecule has 2 aromatic carbocycles. The highest BCUT2D eigenvalue weighted by Crippen LogP contribution is 2.37. The van der Waals surface area contributed by atoms with Crippen LogP contribution in [0, 0.1) is 25.7 Å². The van der Waals surface area contributed by atoms with Gasteiger partial charge in [-0.3, -0.25) is 9.59 Å². The molecule has 1 saturated carbocycles. The van der Waals surface area contributed by atoms with Gasteiger partial charge in [0.1, 0.15) is 0 Å². The summed E-state index contributed by atoms with van der Waals surface area (Å²) in [7, 11) is 0. The van der Waals surface area contributed by atoms with Gasteiger partial charge < -0.3 is 10.6 Å². The van der Waals surface area contributed by atoms with Gasteiger partial charge in [0.25, 0.3) is 0 Å². The van der Waals surface area contributed by atoms with E-state index < -0.39 is 0 Å². The third-order valence-corrected chi connectivity index (χ3v) is 5.95. The number of rotatable bonds is 7. The lowest BCUT2D eigenvalue weighted by Crippen LogP contribution is -2.29. The van der Waals surface area contributed by atoms with Gasteiger partial charge in [0.2, 0.25) is 11.8 Å². The van der Waals surface area contributed by atoms with Crippen molar-refractivity contribution in [2.45, 2.75) is 43.4 Å². The van der Waals surface area contributed by atoms with Crippen molar-refractivity contribution in [2.75, 3.05) is 11.9 Å². The third-order valence-electron chi connectivity index (χ3n) is 4.95. The van der Waals surface area contributed by atoms with Crippen LogP contribution in [0.15, 0.2) is 52.3 Å². The van der Waals surface area contributed by atoms with Crippen molar-refractivity contribution in [3.63, 3.8) is 0 Å². The van der Waals surface area contributed by atoms with Crippen LogP contribution in [0.5, 0.6) is 0 Å². The monoisotopic (exact) mass is 382 g/mol. The Labute approximate surface area is 165 Å². The van der Waals surface area contributed by atoms with Gasteiger partial charge in [-0.2, -0.15) is 0 Å². The molecule has 2 aromatic rings. The highest BCUT2D eigenvalue weighted by atomic mass is 32.2. The van der Waals surface area contributed by atoms with Crippen LogP contribution in [-0.2, 0) is 9.59 Å². The van der Waals surface area contributed by atoms with Crippen LogP contribution in [0.3, 0.4) is 0 Å². The second kappa shape index (κ2) is 8.61. The number of hydrogen-bond acceptors (Lipinski definition) is 3. The van der Waals surface area contributed by atoms with Crippen LogP contribution in [0.2, 0.25) is 0 Å². The fraction of sp³-hybridized carbons (Fsp3) is 0.364. The van der Waals surface area contributed by atoms with Crippen molar-refractivity contribution in [1.29, 1.82) is 0 Å². The summed E-state index contributed by atoms with van der Waals surface area (Å²) in [4.78, 5) is 26.1. The molecule has 2 amide bonds. The van der Waals surface area contributed by atoms with Crippen molar-refractivity contribution in [3.05, 3.63) is 53.6 Å². The first-order valence-electron chi connectivity index (χ1n) is 9.35. The standard InChI is InChI=1S/C22H26N2O2S/c1-14-4-7-19(12-15(14)2)27-18-8-5-17(6-9-18)24-21(25)10-11-23-22(26)20-13-16(20)3/h4-9,12,16,20H,10-11,13H2,1-3H3,(H,23,26)(H,24,25). The molecule has 1 aliphatic rings. The molecule has 27 heavy (non-hydrogen) atoms. The minimum Gasteiger partial charge on any atom is -0.355 e. The van der Waals surface area contributed by atoms with Crippen LogP contribution >= 0.6 is 11.8 Å². The van der Waals surface area contributed by atoms with Crippen molar-refractivity contribution >= 4 is 29.3 Å².